The molecule has 3 heteroatoms. The molecule has 0 unspecified atom stereocenters. The summed E-state index contributed by atoms with van der Waals surface area (Å²) in [4.78, 5) is 11.0. The maximum absolute atomic E-state index is 11.0. The molecule has 0 aromatic rings. The van der Waals surface area contributed by atoms with Crippen molar-refractivity contribution in [3.8, 4) is 0 Å². The van der Waals surface area contributed by atoms with Crippen LogP contribution < -0.4 is 5.32 Å². The van der Waals surface area contributed by atoms with Crippen molar-refractivity contribution < 1.29 is 4.79 Å². The van der Waals surface area contributed by atoms with Crippen molar-refractivity contribution in [1.29, 1.82) is 0 Å². The molecule has 1 N–H and O–H groups in total. The van der Waals surface area contributed by atoms with E-state index in [4.69, 9.17) is 0 Å². The lowest BCUT2D eigenvalue weighted by molar-refractivity contribution is -0.116. The van der Waals surface area contributed by atoms with Crippen LogP contribution >= 0.6 is 22.6 Å². The van der Waals surface area contributed by atoms with Gasteiger partial charge in [-0.15, -0.1) is 0 Å². The van der Waals surface area contributed by atoms with Crippen LogP contribution in [-0.4, -0.2) is 12.5 Å². The molecule has 0 aliphatic carbocycles. The summed E-state index contributed by atoms with van der Waals surface area (Å²) in [6.45, 7) is 6.97. The minimum atomic E-state index is 0.0163. The highest BCUT2D eigenvalue weighted by molar-refractivity contribution is 14.1. The zero-order valence-corrected chi connectivity index (χ0v) is 10.0. The fourth-order valence-electron chi connectivity index (χ4n) is 0.716. The van der Waals surface area contributed by atoms with Crippen molar-refractivity contribution in [2.75, 3.05) is 6.54 Å². The summed E-state index contributed by atoms with van der Waals surface area (Å²) in [7, 11) is 0. The van der Waals surface area contributed by atoms with Crippen molar-refractivity contribution in [3.05, 3.63) is 9.66 Å². The van der Waals surface area contributed by atoms with Gasteiger partial charge in [0.05, 0.1) is 0 Å². The minimum Gasteiger partial charge on any atom is -0.353 e. The molecule has 0 atom stereocenters. The summed E-state index contributed by atoms with van der Waals surface area (Å²) >= 11 is 2.12. The molecule has 0 radical (unpaired) electrons. The monoisotopic (exact) mass is 281 g/mol. The van der Waals surface area contributed by atoms with E-state index in [-0.39, 0.29) is 5.91 Å². The van der Waals surface area contributed by atoms with Gasteiger partial charge in [-0.3, -0.25) is 4.79 Å². The number of allylic oxidation sites excluding steroid dienone is 1. The molecular weight excluding hydrogens is 265 g/mol. The van der Waals surface area contributed by atoms with Crippen LogP contribution in [0.25, 0.3) is 0 Å². The van der Waals surface area contributed by atoms with Crippen LogP contribution in [0.3, 0.4) is 0 Å². The third-order valence-electron chi connectivity index (χ3n) is 1.35. The van der Waals surface area contributed by atoms with Crippen LogP contribution in [0.5, 0.6) is 0 Å². The molecule has 0 saturated carbocycles. The number of nitrogens with one attached hydrogen (secondary N) is 1. The predicted octanol–water partition coefficient (Wildman–Crippen LogP) is 2.49. The molecule has 0 spiro atoms. The molecule has 0 aliphatic rings. The van der Waals surface area contributed by atoms with E-state index < -0.39 is 0 Å². The lowest BCUT2D eigenvalue weighted by atomic mass is 10.1. The number of hydrogen-bond acceptors (Lipinski definition) is 1. The second-order valence-electron chi connectivity index (χ2n) is 3.20. The Hall–Kier alpha value is -0.0600. The van der Waals surface area contributed by atoms with Crippen LogP contribution in [0.4, 0.5) is 0 Å². The molecular formula is C9H16INO. The third-order valence-corrected chi connectivity index (χ3v) is 1.66. The van der Waals surface area contributed by atoms with Gasteiger partial charge in [-0.05, 0) is 45.4 Å². The second kappa shape index (κ2) is 6.46. The molecule has 12 heavy (non-hydrogen) atoms. The van der Waals surface area contributed by atoms with Crippen LogP contribution in [0.15, 0.2) is 9.66 Å². The second-order valence-corrected chi connectivity index (χ2v) is 4.91. The summed E-state index contributed by atoms with van der Waals surface area (Å²) in [6.07, 6.45) is 2.65. The zero-order valence-electron chi connectivity index (χ0n) is 7.86. The largest absolute Gasteiger partial charge is 0.353 e. The average molecular weight is 281 g/mol. The van der Waals surface area contributed by atoms with Crippen LogP contribution in [0.1, 0.15) is 27.2 Å². The quantitative estimate of drug-likeness (QED) is 0.622. The Bertz CT molecular complexity index is 171. The van der Waals surface area contributed by atoms with Crippen molar-refractivity contribution in [2.45, 2.75) is 27.2 Å². The van der Waals surface area contributed by atoms with Crippen molar-refractivity contribution in [2.24, 2.45) is 5.92 Å². The van der Waals surface area contributed by atoms with E-state index in [0.717, 1.165) is 16.5 Å². The molecule has 2 nitrogen and oxygen atoms in total. The first-order valence-corrected chi connectivity index (χ1v) is 5.22. The van der Waals surface area contributed by atoms with E-state index in [2.05, 4.69) is 41.8 Å². The van der Waals surface area contributed by atoms with E-state index in [1.807, 2.05) is 6.92 Å². The topological polar surface area (TPSA) is 29.1 Å². The summed E-state index contributed by atoms with van der Waals surface area (Å²) in [6, 6.07) is 0. The zero-order chi connectivity index (χ0) is 9.56. The number of halogens is 1. The van der Waals surface area contributed by atoms with E-state index in [1.165, 1.54) is 0 Å². The Balaban J connectivity index is 3.52. The van der Waals surface area contributed by atoms with Crippen molar-refractivity contribution in [1.82, 2.24) is 5.32 Å². The highest BCUT2D eigenvalue weighted by atomic mass is 127. The standard InChI is InChI=1S/C9H16INO/c1-7(2)4-5-11-9(12)6-8(3)10/h6-7H,4-5H2,1-3H3,(H,11,12)/b8-6-. The van der Waals surface area contributed by atoms with Crippen LogP contribution in [0, 0.1) is 5.92 Å². The molecule has 1 amide bonds. The molecule has 0 rings (SSSR count). The van der Waals surface area contributed by atoms with E-state index in [1.54, 1.807) is 6.08 Å². The molecule has 0 bridgehead atoms. The van der Waals surface area contributed by atoms with E-state index in [0.29, 0.717) is 5.92 Å². The van der Waals surface area contributed by atoms with Gasteiger partial charge in [-0.2, -0.15) is 0 Å². The Morgan fingerprint density at radius 2 is 2.17 bits per heavy atom. The molecule has 0 heterocycles. The molecule has 0 aliphatic heterocycles. The highest BCUT2D eigenvalue weighted by Gasteiger charge is 1.97. The summed E-state index contributed by atoms with van der Waals surface area (Å²) in [5.74, 6) is 0.664. The first-order valence-electron chi connectivity index (χ1n) is 4.14. The Morgan fingerprint density at radius 1 is 1.58 bits per heavy atom. The highest BCUT2D eigenvalue weighted by Crippen LogP contribution is 2.02. The van der Waals surface area contributed by atoms with Crippen LogP contribution in [-0.2, 0) is 4.79 Å². The number of rotatable bonds is 4. The first kappa shape index (κ1) is 11.9. The Morgan fingerprint density at radius 3 is 2.58 bits per heavy atom. The van der Waals surface area contributed by atoms with Gasteiger partial charge in [-0.1, -0.05) is 13.8 Å². The fourth-order valence-corrected chi connectivity index (χ4v) is 0.999. The van der Waals surface area contributed by atoms with Gasteiger partial charge in [0.15, 0.2) is 0 Å². The third kappa shape index (κ3) is 8.04. The maximum atomic E-state index is 11.0. The first-order chi connectivity index (χ1) is 5.52. The molecule has 70 valence electrons. The number of carbonyl (C=O) groups is 1. The average Bonchev–Trinajstić information content (AvgIpc) is 1.84. The lowest BCUT2D eigenvalue weighted by Crippen LogP contribution is -2.23. The van der Waals surface area contributed by atoms with Gasteiger partial charge in [0.2, 0.25) is 5.91 Å². The van der Waals surface area contributed by atoms with Gasteiger partial charge in [-0.25, -0.2) is 0 Å². The predicted molar refractivity (Wildman–Crippen MR) is 60.2 cm³/mol. The smallest absolute Gasteiger partial charge is 0.244 e. The van der Waals surface area contributed by atoms with Crippen molar-refractivity contribution >= 4 is 28.5 Å². The van der Waals surface area contributed by atoms with Gasteiger partial charge >= 0.3 is 0 Å². The number of hydrogen-bond donors (Lipinski definition) is 1. The molecule has 0 aromatic carbocycles. The Labute approximate surface area is 87.9 Å². The molecule has 0 fully saturated rings. The Kier molecular flexibility index (Phi) is 6.42. The summed E-state index contributed by atoms with van der Waals surface area (Å²) in [5.41, 5.74) is 0. The fraction of sp³-hybridized carbons (Fsp3) is 0.667. The number of carbonyl (C=O) groups excluding carboxylic acids is 1. The maximum Gasteiger partial charge on any atom is 0.244 e. The normalized spacial score (nSPS) is 11.9. The van der Waals surface area contributed by atoms with Gasteiger partial charge < -0.3 is 5.32 Å². The summed E-state index contributed by atoms with van der Waals surface area (Å²) in [5, 5.41) is 2.83. The number of amides is 1. The molecule has 0 saturated heterocycles. The SMILES string of the molecule is C/C(I)=C/C(=O)NCCC(C)C. The van der Waals surface area contributed by atoms with Crippen molar-refractivity contribution in [3.63, 3.8) is 0 Å². The van der Waals surface area contributed by atoms with Gasteiger partial charge in [0.25, 0.3) is 0 Å². The minimum absolute atomic E-state index is 0.0163. The molecule has 0 aromatic heterocycles. The van der Waals surface area contributed by atoms with Crippen LogP contribution in [0.2, 0.25) is 0 Å². The van der Waals surface area contributed by atoms with E-state index in [9.17, 15) is 4.79 Å². The summed E-state index contributed by atoms with van der Waals surface area (Å²) < 4.78 is 1.01. The van der Waals surface area contributed by atoms with Gasteiger partial charge in [0.1, 0.15) is 0 Å². The lowest BCUT2D eigenvalue weighted by Gasteiger charge is -2.04. The van der Waals surface area contributed by atoms with E-state index >= 15 is 0 Å². The van der Waals surface area contributed by atoms with Gasteiger partial charge in [0, 0.05) is 12.6 Å².